The minimum absolute atomic E-state index is 0.650. The van der Waals surface area contributed by atoms with Crippen molar-refractivity contribution in [2.45, 2.75) is 44.7 Å². The van der Waals surface area contributed by atoms with Gasteiger partial charge in [0.05, 0.1) is 12.7 Å². The highest BCUT2D eigenvalue weighted by molar-refractivity contribution is 5.11. The summed E-state index contributed by atoms with van der Waals surface area (Å²) in [7, 11) is 0. The molecule has 2 aliphatic carbocycles. The minimum Gasteiger partial charge on any atom is -0.444 e. The van der Waals surface area contributed by atoms with E-state index < -0.39 is 0 Å². The molecule has 0 amide bonds. The van der Waals surface area contributed by atoms with Crippen molar-refractivity contribution >= 4 is 0 Å². The van der Waals surface area contributed by atoms with Gasteiger partial charge < -0.3 is 9.73 Å². The number of nitrogens with one attached hydrogen (secondary N) is 1. The van der Waals surface area contributed by atoms with Crippen LogP contribution in [0, 0.1) is 5.92 Å². The van der Waals surface area contributed by atoms with Gasteiger partial charge in [0.2, 0.25) is 5.89 Å². The van der Waals surface area contributed by atoms with Gasteiger partial charge in [-0.3, -0.25) is 0 Å². The molecule has 0 aromatic carbocycles. The zero-order chi connectivity index (χ0) is 9.54. The molecule has 1 aromatic rings. The van der Waals surface area contributed by atoms with E-state index in [1.807, 2.05) is 6.20 Å². The zero-order valence-corrected chi connectivity index (χ0v) is 8.49. The fraction of sp³-hybridized carbons (Fsp3) is 0.727. The molecule has 76 valence electrons. The maximum absolute atomic E-state index is 5.68. The normalized spacial score (nSPS) is 30.6. The molecule has 2 atom stereocenters. The maximum atomic E-state index is 5.68. The molecule has 0 radical (unpaired) electrons. The van der Waals surface area contributed by atoms with Crippen LogP contribution in [0.2, 0.25) is 0 Å². The van der Waals surface area contributed by atoms with Gasteiger partial charge in [0.1, 0.15) is 5.76 Å². The Hall–Kier alpha value is -0.830. The van der Waals surface area contributed by atoms with Gasteiger partial charge in [-0.25, -0.2) is 4.98 Å². The molecule has 3 nitrogen and oxygen atoms in total. The van der Waals surface area contributed by atoms with E-state index in [4.69, 9.17) is 4.42 Å². The van der Waals surface area contributed by atoms with Gasteiger partial charge in [-0.05, 0) is 25.2 Å². The fourth-order valence-electron chi connectivity index (χ4n) is 1.82. The third-order valence-electron chi connectivity index (χ3n) is 3.17. The first-order chi connectivity index (χ1) is 6.83. The van der Waals surface area contributed by atoms with Gasteiger partial charge >= 0.3 is 0 Å². The van der Waals surface area contributed by atoms with Gasteiger partial charge in [0.25, 0.3) is 0 Å². The van der Waals surface area contributed by atoms with Crippen LogP contribution in [0.4, 0.5) is 0 Å². The summed E-state index contributed by atoms with van der Waals surface area (Å²) in [6.45, 7) is 3.06. The van der Waals surface area contributed by atoms with Crippen LogP contribution in [0.25, 0.3) is 0 Å². The van der Waals surface area contributed by atoms with Gasteiger partial charge in [0, 0.05) is 12.0 Å². The number of oxazole rings is 1. The van der Waals surface area contributed by atoms with Crippen molar-refractivity contribution in [3.8, 4) is 0 Å². The lowest BCUT2D eigenvalue weighted by Gasteiger charge is -1.96. The summed E-state index contributed by atoms with van der Waals surface area (Å²) in [6.07, 6.45) is 5.79. The first-order valence-corrected chi connectivity index (χ1v) is 5.51. The Bertz CT molecular complexity index is 330. The average molecular weight is 192 g/mol. The molecule has 0 bridgehead atoms. The summed E-state index contributed by atoms with van der Waals surface area (Å²) in [5, 5.41) is 3.40. The maximum Gasteiger partial charge on any atom is 0.208 e. The van der Waals surface area contributed by atoms with Crippen LogP contribution >= 0.6 is 0 Å². The topological polar surface area (TPSA) is 38.1 Å². The predicted octanol–water partition coefficient (Wildman–Crippen LogP) is 2.05. The van der Waals surface area contributed by atoms with Crippen molar-refractivity contribution in [3.63, 3.8) is 0 Å². The van der Waals surface area contributed by atoms with Crippen LogP contribution < -0.4 is 5.32 Å². The van der Waals surface area contributed by atoms with E-state index >= 15 is 0 Å². The first kappa shape index (κ1) is 8.48. The lowest BCUT2D eigenvalue weighted by molar-refractivity contribution is 0.433. The summed E-state index contributed by atoms with van der Waals surface area (Å²) in [5.74, 6) is 3.39. The number of aromatic nitrogens is 1. The lowest BCUT2D eigenvalue weighted by atomic mass is 10.3. The second kappa shape index (κ2) is 3.09. The van der Waals surface area contributed by atoms with Gasteiger partial charge in [0.15, 0.2) is 0 Å². The Morgan fingerprint density at radius 1 is 1.57 bits per heavy atom. The second-order valence-corrected chi connectivity index (χ2v) is 4.63. The van der Waals surface area contributed by atoms with Gasteiger partial charge in [-0.2, -0.15) is 0 Å². The molecule has 1 N–H and O–H groups in total. The van der Waals surface area contributed by atoms with Crippen molar-refractivity contribution in [1.82, 2.24) is 10.3 Å². The quantitative estimate of drug-likeness (QED) is 0.793. The molecular formula is C11H16N2O. The van der Waals surface area contributed by atoms with E-state index in [0.29, 0.717) is 5.92 Å². The van der Waals surface area contributed by atoms with Gasteiger partial charge in [-0.15, -0.1) is 0 Å². The highest BCUT2D eigenvalue weighted by Crippen LogP contribution is 2.46. The number of hydrogen-bond donors (Lipinski definition) is 1. The molecular weight excluding hydrogens is 176 g/mol. The van der Waals surface area contributed by atoms with E-state index in [9.17, 15) is 0 Å². The van der Waals surface area contributed by atoms with Crippen molar-refractivity contribution in [3.05, 3.63) is 17.8 Å². The van der Waals surface area contributed by atoms with Crippen LogP contribution in [0.15, 0.2) is 10.6 Å². The molecule has 14 heavy (non-hydrogen) atoms. The second-order valence-electron chi connectivity index (χ2n) is 4.63. The number of nitrogens with zero attached hydrogens (tertiary/aromatic N) is 1. The molecule has 3 heteroatoms. The molecule has 1 aromatic heterocycles. The predicted molar refractivity (Wildman–Crippen MR) is 52.9 cm³/mol. The SMILES string of the molecule is CC1CC1c1cnc(CNC2CC2)o1. The average Bonchev–Trinajstić information content (AvgIpc) is 3.07. The fourth-order valence-corrected chi connectivity index (χ4v) is 1.82. The van der Waals surface area contributed by atoms with E-state index in [1.54, 1.807) is 0 Å². The smallest absolute Gasteiger partial charge is 0.208 e. The molecule has 1 heterocycles. The van der Waals surface area contributed by atoms with E-state index in [-0.39, 0.29) is 0 Å². The first-order valence-electron chi connectivity index (χ1n) is 5.51. The highest BCUT2D eigenvalue weighted by Gasteiger charge is 2.37. The van der Waals surface area contributed by atoms with E-state index in [2.05, 4.69) is 17.2 Å². The Morgan fingerprint density at radius 2 is 2.36 bits per heavy atom. The standard InChI is InChI=1S/C11H16N2O/c1-7-4-9(7)10-5-13-11(14-10)6-12-8-2-3-8/h5,7-9,12H,2-4,6H2,1H3. The molecule has 2 saturated carbocycles. The zero-order valence-electron chi connectivity index (χ0n) is 8.49. The lowest BCUT2D eigenvalue weighted by Crippen LogP contribution is -2.15. The van der Waals surface area contributed by atoms with Gasteiger partial charge in [-0.1, -0.05) is 6.92 Å². The number of rotatable bonds is 4. The summed E-state index contributed by atoms with van der Waals surface area (Å²) in [6, 6.07) is 0.727. The Labute approximate surface area is 83.9 Å². The van der Waals surface area contributed by atoms with Crippen LogP contribution in [0.1, 0.15) is 43.8 Å². The monoisotopic (exact) mass is 192 g/mol. The third kappa shape index (κ3) is 1.69. The minimum atomic E-state index is 0.650. The number of hydrogen-bond acceptors (Lipinski definition) is 3. The van der Waals surface area contributed by atoms with Crippen LogP contribution in [0.5, 0.6) is 0 Å². The molecule has 2 unspecified atom stereocenters. The van der Waals surface area contributed by atoms with Crippen LogP contribution in [0.3, 0.4) is 0 Å². The molecule has 0 saturated heterocycles. The largest absolute Gasteiger partial charge is 0.444 e. The molecule has 0 aliphatic heterocycles. The van der Waals surface area contributed by atoms with Crippen LogP contribution in [-0.2, 0) is 6.54 Å². The molecule has 0 spiro atoms. The van der Waals surface area contributed by atoms with E-state index in [0.717, 1.165) is 30.2 Å². The van der Waals surface area contributed by atoms with Crippen molar-refractivity contribution in [1.29, 1.82) is 0 Å². The Balaban J connectivity index is 1.59. The Kier molecular flexibility index (Phi) is 1.87. The molecule has 2 fully saturated rings. The van der Waals surface area contributed by atoms with Crippen LogP contribution in [-0.4, -0.2) is 11.0 Å². The van der Waals surface area contributed by atoms with Crippen molar-refractivity contribution < 1.29 is 4.42 Å². The summed E-state index contributed by atoms with van der Waals surface area (Å²) < 4.78 is 5.68. The summed E-state index contributed by atoms with van der Waals surface area (Å²) >= 11 is 0. The van der Waals surface area contributed by atoms with Crippen molar-refractivity contribution in [2.75, 3.05) is 0 Å². The third-order valence-corrected chi connectivity index (χ3v) is 3.17. The van der Waals surface area contributed by atoms with E-state index in [1.165, 1.54) is 19.3 Å². The van der Waals surface area contributed by atoms with Crippen molar-refractivity contribution in [2.24, 2.45) is 5.92 Å². The molecule has 3 rings (SSSR count). The Morgan fingerprint density at radius 3 is 3.00 bits per heavy atom. The summed E-state index contributed by atoms with van der Waals surface area (Å²) in [5.41, 5.74) is 0. The summed E-state index contributed by atoms with van der Waals surface area (Å²) in [4.78, 5) is 4.28. The molecule has 2 aliphatic rings. The highest BCUT2D eigenvalue weighted by atomic mass is 16.4.